The van der Waals surface area contributed by atoms with Gasteiger partial charge >= 0.3 is 0 Å². The predicted molar refractivity (Wildman–Crippen MR) is 86.6 cm³/mol. The summed E-state index contributed by atoms with van der Waals surface area (Å²) in [6, 6.07) is 4.58. The summed E-state index contributed by atoms with van der Waals surface area (Å²) in [6.07, 6.45) is 4.11. The lowest BCUT2D eigenvalue weighted by Gasteiger charge is -2.07. The summed E-state index contributed by atoms with van der Waals surface area (Å²) in [5, 5.41) is 1.49. The van der Waals surface area contributed by atoms with Gasteiger partial charge in [-0.2, -0.15) is 0 Å². The van der Waals surface area contributed by atoms with Crippen molar-refractivity contribution in [3.63, 3.8) is 0 Å². The second-order valence-corrected chi connectivity index (χ2v) is 7.90. The molecule has 0 heterocycles. The zero-order chi connectivity index (χ0) is 14.3. The van der Waals surface area contributed by atoms with E-state index in [4.69, 9.17) is 11.6 Å². The Balaban J connectivity index is 2.49. The first kappa shape index (κ1) is 17.4. The van der Waals surface area contributed by atoms with Gasteiger partial charge in [0.2, 0.25) is 10.0 Å². The molecule has 1 aromatic rings. The van der Waals surface area contributed by atoms with E-state index in [2.05, 4.69) is 36.6 Å². The summed E-state index contributed by atoms with van der Waals surface area (Å²) in [7, 11) is -3.44. The number of halogens is 3. The van der Waals surface area contributed by atoms with Crippen molar-refractivity contribution in [2.75, 3.05) is 11.9 Å². The Labute approximate surface area is 136 Å². The van der Waals surface area contributed by atoms with Crippen molar-refractivity contribution in [2.24, 2.45) is 0 Å². The van der Waals surface area contributed by atoms with E-state index in [0.717, 1.165) is 31.0 Å². The van der Waals surface area contributed by atoms with Crippen LogP contribution in [0.25, 0.3) is 0 Å². The van der Waals surface area contributed by atoms with Gasteiger partial charge in [-0.05, 0) is 47.0 Å². The highest BCUT2D eigenvalue weighted by Crippen LogP contribution is 2.25. The molecule has 0 spiro atoms. The normalized spacial score (nSPS) is 11.7. The van der Waals surface area contributed by atoms with E-state index in [1.807, 2.05) is 0 Å². The molecule has 19 heavy (non-hydrogen) atoms. The minimum absolute atomic E-state index is 0.226. The Hall–Kier alpha value is 0.380. The smallest absolute Gasteiger partial charge is 0.211 e. The maximum atomic E-state index is 12.0. The first-order valence-electron chi connectivity index (χ1n) is 5.98. The summed E-state index contributed by atoms with van der Waals surface area (Å²) in [4.78, 5) is 0.226. The van der Waals surface area contributed by atoms with Gasteiger partial charge in [-0.15, -0.1) is 0 Å². The van der Waals surface area contributed by atoms with Crippen LogP contribution in [-0.2, 0) is 10.0 Å². The molecule has 0 aliphatic carbocycles. The highest BCUT2D eigenvalue weighted by Gasteiger charge is 2.14. The van der Waals surface area contributed by atoms with Crippen LogP contribution in [0.4, 0.5) is 0 Å². The van der Waals surface area contributed by atoms with Crippen LogP contribution in [0.1, 0.15) is 25.7 Å². The molecular formula is C12H16Br2ClNO2S. The SMILES string of the molecule is O=S(=O)(NCCCCCCBr)c1ccc(Cl)c(Br)c1. The third-order valence-corrected chi connectivity index (χ3v) is 5.79. The lowest BCUT2D eigenvalue weighted by Crippen LogP contribution is -2.24. The van der Waals surface area contributed by atoms with E-state index in [-0.39, 0.29) is 4.90 Å². The molecule has 0 saturated carbocycles. The summed E-state index contributed by atoms with van der Waals surface area (Å²) < 4.78 is 27.2. The highest BCUT2D eigenvalue weighted by molar-refractivity contribution is 9.10. The molecular weight excluding hydrogens is 417 g/mol. The van der Waals surface area contributed by atoms with Crippen molar-refractivity contribution >= 4 is 53.5 Å². The van der Waals surface area contributed by atoms with Gasteiger partial charge in [0.05, 0.1) is 9.92 Å². The highest BCUT2D eigenvalue weighted by atomic mass is 79.9. The molecule has 0 aliphatic heterocycles. The second-order valence-electron chi connectivity index (χ2n) is 4.08. The molecule has 0 fully saturated rings. The molecule has 1 rings (SSSR count). The molecule has 0 atom stereocenters. The zero-order valence-electron chi connectivity index (χ0n) is 10.3. The molecule has 0 aromatic heterocycles. The minimum atomic E-state index is -3.44. The fourth-order valence-corrected chi connectivity index (χ4v) is 3.65. The molecule has 1 aromatic carbocycles. The van der Waals surface area contributed by atoms with E-state index < -0.39 is 10.0 Å². The predicted octanol–water partition coefficient (Wildman–Crippen LogP) is 4.34. The lowest BCUT2D eigenvalue weighted by atomic mass is 10.2. The van der Waals surface area contributed by atoms with E-state index in [1.54, 1.807) is 6.07 Å². The van der Waals surface area contributed by atoms with Crippen LogP contribution >= 0.6 is 43.5 Å². The van der Waals surface area contributed by atoms with Gasteiger partial charge in [-0.1, -0.05) is 40.4 Å². The lowest BCUT2D eigenvalue weighted by molar-refractivity contribution is 0.574. The quantitative estimate of drug-likeness (QED) is 0.490. The van der Waals surface area contributed by atoms with E-state index >= 15 is 0 Å². The Morgan fingerprint density at radius 2 is 1.84 bits per heavy atom. The van der Waals surface area contributed by atoms with Gasteiger partial charge in [-0.3, -0.25) is 0 Å². The van der Waals surface area contributed by atoms with Crippen molar-refractivity contribution in [1.29, 1.82) is 0 Å². The third-order valence-electron chi connectivity index (χ3n) is 2.55. The van der Waals surface area contributed by atoms with Crippen LogP contribution in [0, 0.1) is 0 Å². The Morgan fingerprint density at radius 1 is 1.16 bits per heavy atom. The number of nitrogens with one attached hydrogen (secondary N) is 1. The molecule has 0 radical (unpaired) electrons. The van der Waals surface area contributed by atoms with Crippen molar-refractivity contribution in [3.8, 4) is 0 Å². The minimum Gasteiger partial charge on any atom is -0.211 e. The molecule has 0 amide bonds. The molecule has 0 unspecified atom stereocenters. The Morgan fingerprint density at radius 3 is 2.47 bits per heavy atom. The second kappa shape index (κ2) is 8.62. The van der Waals surface area contributed by atoms with Crippen molar-refractivity contribution in [1.82, 2.24) is 4.72 Å². The molecule has 1 N–H and O–H groups in total. The average molecular weight is 434 g/mol. The van der Waals surface area contributed by atoms with Gasteiger partial charge in [-0.25, -0.2) is 13.1 Å². The number of benzene rings is 1. The third kappa shape index (κ3) is 6.12. The summed E-state index contributed by atoms with van der Waals surface area (Å²) in [5.74, 6) is 0. The molecule has 0 bridgehead atoms. The van der Waals surface area contributed by atoms with Crippen molar-refractivity contribution < 1.29 is 8.42 Å². The molecule has 3 nitrogen and oxygen atoms in total. The van der Waals surface area contributed by atoms with Gasteiger partial charge in [0.25, 0.3) is 0 Å². The van der Waals surface area contributed by atoms with E-state index in [9.17, 15) is 8.42 Å². The fourth-order valence-electron chi connectivity index (χ4n) is 1.51. The van der Waals surface area contributed by atoms with Gasteiger partial charge < -0.3 is 0 Å². The van der Waals surface area contributed by atoms with Gasteiger partial charge in [0.15, 0.2) is 0 Å². The maximum Gasteiger partial charge on any atom is 0.240 e. The van der Waals surface area contributed by atoms with Crippen LogP contribution < -0.4 is 4.72 Å². The van der Waals surface area contributed by atoms with Crippen LogP contribution in [0.2, 0.25) is 5.02 Å². The molecule has 7 heteroatoms. The van der Waals surface area contributed by atoms with Crippen molar-refractivity contribution in [2.45, 2.75) is 30.6 Å². The Kier molecular flexibility index (Phi) is 7.91. The zero-order valence-corrected chi connectivity index (χ0v) is 15.1. The van der Waals surface area contributed by atoms with Gasteiger partial charge in [0.1, 0.15) is 0 Å². The number of unbranched alkanes of at least 4 members (excludes halogenated alkanes) is 3. The van der Waals surface area contributed by atoms with Crippen LogP contribution in [0.15, 0.2) is 27.6 Å². The summed E-state index contributed by atoms with van der Waals surface area (Å²) in [6.45, 7) is 0.463. The number of sulfonamides is 1. The standard InChI is InChI=1S/C12H16Br2ClNO2S/c13-7-3-1-2-4-8-16-19(17,18)10-5-6-12(15)11(14)9-10/h5-6,9,16H,1-4,7-8H2. The summed E-state index contributed by atoms with van der Waals surface area (Å²) in [5.41, 5.74) is 0. The van der Waals surface area contributed by atoms with Crippen LogP contribution in [0.3, 0.4) is 0 Å². The van der Waals surface area contributed by atoms with E-state index in [1.165, 1.54) is 12.1 Å². The molecule has 108 valence electrons. The first-order chi connectivity index (χ1) is 8.97. The Bertz CT molecular complexity index is 508. The summed E-state index contributed by atoms with van der Waals surface area (Å²) >= 11 is 12.4. The van der Waals surface area contributed by atoms with Crippen LogP contribution in [-0.4, -0.2) is 20.3 Å². The van der Waals surface area contributed by atoms with Crippen LogP contribution in [0.5, 0.6) is 0 Å². The van der Waals surface area contributed by atoms with Crippen molar-refractivity contribution in [3.05, 3.63) is 27.7 Å². The van der Waals surface area contributed by atoms with Gasteiger partial charge in [0, 0.05) is 16.3 Å². The number of rotatable bonds is 8. The molecule has 0 aliphatic rings. The fraction of sp³-hybridized carbons (Fsp3) is 0.500. The molecule has 0 saturated heterocycles. The number of hydrogen-bond acceptors (Lipinski definition) is 2. The van der Waals surface area contributed by atoms with E-state index in [0.29, 0.717) is 16.0 Å². The first-order valence-corrected chi connectivity index (χ1v) is 9.75. The average Bonchev–Trinajstić information content (AvgIpc) is 2.36. The number of alkyl halides is 1. The largest absolute Gasteiger partial charge is 0.240 e. The maximum absolute atomic E-state index is 12.0. The number of hydrogen-bond donors (Lipinski definition) is 1. The monoisotopic (exact) mass is 431 g/mol. The topological polar surface area (TPSA) is 46.2 Å².